The highest BCUT2D eigenvalue weighted by Crippen LogP contribution is 2.55. The molecule has 2 aromatic heterocycles. The summed E-state index contributed by atoms with van der Waals surface area (Å²) in [6.45, 7) is 8.67. The average Bonchev–Trinajstić information content (AvgIpc) is 3.30. The number of halogens is 2. The molecule has 2 heterocycles. The van der Waals surface area contributed by atoms with Gasteiger partial charge in [0, 0.05) is 18.1 Å². The molecular formula is C31H34F2N4O9S. The van der Waals surface area contributed by atoms with Crippen LogP contribution in [0.4, 0.5) is 29.0 Å². The van der Waals surface area contributed by atoms with Crippen LogP contribution < -0.4 is 4.90 Å². The molecule has 1 aliphatic rings. The molecule has 252 valence electrons. The lowest BCUT2D eigenvalue weighted by Gasteiger charge is -2.50. The molecule has 0 radical (unpaired) electrons. The third kappa shape index (κ3) is 6.99. The maximum Gasteiger partial charge on any atom is 0.509 e. The Kier molecular flexibility index (Phi) is 9.03. The molecule has 1 N–H and O–H groups in total. The highest BCUT2D eigenvalue weighted by Gasteiger charge is 2.71. The fourth-order valence-electron chi connectivity index (χ4n) is 5.19. The summed E-state index contributed by atoms with van der Waals surface area (Å²) in [7, 11) is -5.52. The van der Waals surface area contributed by atoms with E-state index in [-0.39, 0.29) is 16.9 Å². The minimum absolute atomic E-state index is 0.0734. The number of sulfone groups is 1. The van der Waals surface area contributed by atoms with Crippen molar-refractivity contribution < 1.29 is 50.9 Å². The molecule has 0 atom stereocenters. The summed E-state index contributed by atoms with van der Waals surface area (Å²) in [5, 5.41) is 14.2. The number of nitriles is 1. The van der Waals surface area contributed by atoms with Gasteiger partial charge in [-0.2, -0.15) is 14.0 Å². The number of carboxylic acid groups (broad SMARTS) is 1. The first kappa shape index (κ1) is 35.1. The number of alkyl halides is 2. The Balaban J connectivity index is 1.77. The largest absolute Gasteiger partial charge is 0.509 e. The molecule has 1 aliphatic carbocycles. The number of hydrogen-bond acceptors (Lipinski definition) is 10. The molecule has 0 spiro atoms. The van der Waals surface area contributed by atoms with Crippen LogP contribution in [0.2, 0.25) is 0 Å². The Morgan fingerprint density at radius 1 is 1.06 bits per heavy atom. The first-order valence-electron chi connectivity index (χ1n) is 14.4. The molecule has 16 heteroatoms. The van der Waals surface area contributed by atoms with Crippen LogP contribution in [0.1, 0.15) is 59.9 Å². The van der Waals surface area contributed by atoms with E-state index in [0.29, 0.717) is 5.39 Å². The van der Waals surface area contributed by atoms with Gasteiger partial charge in [0.25, 0.3) is 9.84 Å². The van der Waals surface area contributed by atoms with E-state index in [9.17, 15) is 33.2 Å². The lowest BCUT2D eigenvalue weighted by Crippen LogP contribution is -2.64. The Morgan fingerprint density at radius 3 is 2.23 bits per heavy atom. The van der Waals surface area contributed by atoms with Crippen molar-refractivity contribution in [1.82, 2.24) is 9.55 Å². The Labute approximate surface area is 269 Å². The fourth-order valence-corrected chi connectivity index (χ4v) is 6.61. The zero-order chi connectivity index (χ0) is 35.2. The van der Waals surface area contributed by atoms with Gasteiger partial charge in [-0.05, 0) is 90.6 Å². The monoisotopic (exact) mass is 676 g/mol. The number of pyridine rings is 1. The molecular weight excluding hydrogens is 642 g/mol. The standard InChI is InChI=1S/C31H34F2N4O9S/c1-28(2,3)44-26(40)36(24-14-21-11-10-19(17-34)13-22(21)37(24)25(38)39)18-20-15-30(16-20,46-27(41)45-29(4,5)6)31(32,33)47(42,43)23-9-7-8-12-35-23/h7-14,20H,15-16,18H2,1-6H3,(H,38,39). The van der Waals surface area contributed by atoms with E-state index in [1.165, 1.54) is 57.2 Å². The average molecular weight is 677 g/mol. The number of nitrogens with zero attached hydrogens (tertiary/aromatic N) is 4. The van der Waals surface area contributed by atoms with Crippen molar-refractivity contribution in [2.24, 2.45) is 5.92 Å². The maximum atomic E-state index is 16.2. The van der Waals surface area contributed by atoms with Gasteiger partial charge < -0.3 is 19.3 Å². The number of carbonyl (C=O) groups is 3. The smallest absolute Gasteiger partial charge is 0.464 e. The second kappa shape index (κ2) is 12.1. The lowest BCUT2D eigenvalue weighted by molar-refractivity contribution is -0.205. The topological polar surface area (TPSA) is 178 Å². The van der Waals surface area contributed by atoms with Crippen LogP contribution in [0.5, 0.6) is 0 Å². The van der Waals surface area contributed by atoms with Crippen molar-refractivity contribution in [3.05, 3.63) is 54.2 Å². The van der Waals surface area contributed by atoms with Gasteiger partial charge in [0.05, 0.1) is 17.1 Å². The van der Waals surface area contributed by atoms with E-state index >= 15 is 8.78 Å². The SMILES string of the molecule is CC(C)(C)OC(=O)OC1(C(F)(F)S(=O)(=O)c2ccccn2)CC(CN(C(=O)OC(C)(C)C)c2cc3ccc(C#N)cc3n2C(=O)O)C1. The molecule has 4 rings (SSSR count). The summed E-state index contributed by atoms with van der Waals surface area (Å²) < 4.78 is 75.3. The van der Waals surface area contributed by atoms with Crippen LogP contribution in [-0.2, 0) is 24.0 Å². The molecule has 1 saturated carbocycles. The second-order valence-corrected chi connectivity index (χ2v) is 15.1. The molecule has 0 saturated heterocycles. The van der Waals surface area contributed by atoms with E-state index in [1.807, 2.05) is 6.07 Å². The van der Waals surface area contributed by atoms with Crippen molar-refractivity contribution in [3.8, 4) is 6.07 Å². The van der Waals surface area contributed by atoms with Gasteiger partial charge in [-0.25, -0.2) is 32.4 Å². The van der Waals surface area contributed by atoms with Gasteiger partial charge >= 0.3 is 23.6 Å². The Hall–Kier alpha value is -4.78. The van der Waals surface area contributed by atoms with E-state index in [0.717, 1.165) is 21.7 Å². The van der Waals surface area contributed by atoms with Gasteiger partial charge in [0.2, 0.25) is 0 Å². The number of benzene rings is 1. The first-order chi connectivity index (χ1) is 21.6. The third-order valence-electron chi connectivity index (χ3n) is 7.12. The number of hydrogen-bond donors (Lipinski definition) is 1. The molecule has 1 fully saturated rings. The van der Waals surface area contributed by atoms with Gasteiger partial charge in [-0.3, -0.25) is 4.90 Å². The Morgan fingerprint density at radius 2 is 1.70 bits per heavy atom. The van der Waals surface area contributed by atoms with Crippen LogP contribution in [0.25, 0.3) is 10.9 Å². The van der Waals surface area contributed by atoms with Crippen LogP contribution in [0, 0.1) is 17.2 Å². The predicted molar refractivity (Wildman–Crippen MR) is 163 cm³/mol. The highest BCUT2D eigenvalue weighted by atomic mass is 32.2. The molecule has 1 aromatic carbocycles. The molecule has 47 heavy (non-hydrogen) atoms. The molecule has 1 amide bonds. The number of anilines is 1. The van der Waals surface area contributed by atoms with Gasteiger partial charge in [0.1, 0.15) is 17.0 Å². The first-order valence-corrected chi connectivity index (χ1v) is 15.8. The zero-order valence-electron chi connectivity index (χ0n) is 26.5. The maximum absolute atomic E-state index is 16.2. The van der Waals surface area contributed by atoms with Crippen LogP contribution in [0.3, 0.4) is 0 Å². The third-order valence-corrected chi connectivity index (χ3v) is 8.96. The van der Waals surface area contributed by atoms with E-state index in [1.54, 1.807) is 20.8 Å². The number of ether oxygens (including phenoxy) is 3. The van der Waals surface area contributed by atoms with E-state index < -0.39 is 80.6 Å². The van der Waals surface area contributed by atoms with Crippen molar-refractivity contribution in [2.45, 2.75) is 81.5 Å². The van der Waals surface area contributed by atoms with Gasteiger partial charge in [-0.1, -0.05) is 12.1 Å². The van der Waals surface area contributed by atoms with Crippen molar-refractivity contribution in [2.75, 3.05) is 11.4 Å². The minimum Gasteiger partial charge on any atom is -0.464 e. The summed E-state index contributed by atoms with van der Waals surface area (Å²) in [5.41, 5.74) is -4.94. The number of fused-ring (bicyclic) bond motifs is 1. The fraction of sp³-hybridized carbons (Fsp3) is 0.452. The number of carbonyl (C=O) groups excluding carboxylic acids is 2. The number of aromatic nitrogens is 2. The number of amides is 1. The minimum atomic E-state index is -5.52. The molecule has 13 nitrogen and oxygen atoms in total. The van der Waals surface area contributed by atoms with E-state index in [2.05, 4.69) is 4.98 Å². The highest BCUT2D eigenvalue weighted by molar-refractivity contribution is 7.92. The van der Waals surface area contributed by atoms with Gasteiger partial charge in [0.15, 0.2) is 10.6 Å². The zero-order valence-corrected chi connectivity index (χ0v) is 27.3. The van der Waals surface area contributed by atoms with Crippen molar-refractivity contribution in [1.29, 1.82) is 5.26 Å². The van der Waals surface area contributed by atoms with Crippen LogP contribution >= 0.6 is 0 Å². The predicted octanol–water partition coefficient (Wildman–Crippen LogP) is 6.34. The molecule has 0 unspecified atom stereocenters. The normalized spacial score (nSPS) is 18.5. The summed E-state index contributed by atoms with van der Waals surface area (Å²) in [4.78, 5) is 43.2. The van der Waals surface area contributed by atoms with Crippen molar-refractivity contribution >= 4 is 44.9 Å². The summed E-state index contributed by atoms with van der Waals surface area (Å²) in [6.07, 6.45) is -4.58. The number of rotatable bonds is 7. The quantitative estimate of drug-likeness (QED) is 0.276. The summed E-state index contributed by atoms with van der Waals surface area (Å²) in [5.74, 6) is -1.17. The molecule has 0 bridgehead atoms. The van der Waals surface area contributed by atoms with Crippen LogP contribution in [-0.4, -0.2) is 70.0 Å². The van der Waals surface area contributed by atoms with Crippen LogP contribution in [0.15, 0.2) is 53.7 Å². The molecule has 3 aromatic rings. The second-order valence-electron chi connectivity index (χ2n) is 13.1. The lowest BCUT2D eigenvalue weighted by atomic mass is 9.70. The van der Waals surface area contributed by atoms with E-state index in [4.69, 9.17) is 14.2 Å². The van der Waals surface area contributed by atoms with Crippen molar-refractivity contribution in [3.63, 3.8) is 0 Å². The molecule has 0 aliphatic heterocycles. The summed E-state index contributed by atoms with van der Waals surface area (Å²) >= 11 is 0. The summed E-state index contributed by atoms with van der Waals surface area (Å²) in [6, 6.07) is 11.0. The Bertz CT molecular complexity index is 1850. The van der Waals surface area contributed by atoms with Gasteiger partial charge in [-0.15, -0.1) is 0 Å².